The summed E-state index contributed by atoms with van der Waals surface area (Å²) in [5.74, 6) is 1.19. The Morgan fingerprint density at radius 3 is 2.41 bits per heavy atom. The number of halogens is 1. The van der Waals surface area contributed by atoms with Crippen LogP contribution in [0.2, 0.25) is 5.02 Å². The number of hydrogen-bond donors (Lipinski definition) is 1. The third kappa shape index (κ3) is 7.44. The molecule has 37 heavy (non-hydrogen) atoms. The molecule has 0 atom stereocenters. The maximum absolute atomic E-state index is 12.7. The summed E-state index contributed by atoms with van der Waals surface area (Å²) in [5, 5.41) is 21.6. The van der Waals surface area contributed by atoms with Crippen molar-refractivity contribution in [1.29, 1.82) is 5.26 Å². The first-order valence-electron chi connectivity index (χ1n) is 11.8. The molecule has 0 saturated carbocycles. The molecule has 2 aromatic carbocycles. The lowest BCUT2D eigenvalue weighted by Gasteiger charge is -2.16. The molecule has 0 fully saturated rings. The van der Waals surface area contributed by atoms with Crippen molar-refractivity contribution in [2.45, 2.75) is 40.5 Å². The van der Waals surface area contributed by atoms with Crippen molar-refractivity contribution < 1.29 is 19.0 Å². The van der Waals surface area contributed by atoms with Crippen molar-refractivity contribution >= 4 is 40.1 Å². The quantitative estimate of drug-likeness (QED) is 0.172. The van der Waals surface area contributed by atoms with Gasteiger partial charge in [0.1, 0.15) is 35.6 Å². The molecule has 1 amide bonds. The third-order valence-electron chi connectivity index (χ3n) is 5.15. The molecule has 1 heterocycles. The Kier molecular flexibility index (Phi) is 9.89. The lowest BCUT2D eigenvalue weighted by atomic mass is 10.1. The fraction of sp³-hybridized carbons (Fsp3) is 0.333. The van der Waals surface area contributed by atoms with E-state index in [2.05, 4.69) is 15.5 Å². The zero-order valence-corrected chi connectivity index (χ0v) is 23.0. The average Bonchev–Trinajstić information content (AvgIpc) is 3.32. The Balaban J connectivity index is 1.73. The average molecular weight is 541 g/mol. The molecule has 3 rings (SSSR count). The van der Waals surface area contributed by atoms with E-state index >= 15 is 0 Å². The largest absolute Gasteiger partial charge is 0.490 e. The number of aryl methyl sites for hydroxylation is 2. The van der Waals surface area contributed by atoms with E-state index in [9.17, 15) is 10.1 Å². The predicted molar refractivity (Wildman–Crippen MR) is 146 cm³/mol. The van der Waals surface area contributed by atoms with E-state index in [1.54, 1.807) is 12.1 Å². The van der Waals surface area contributed by atoms with Crippen LogP contribution in [-0.2, 0) is 4.79 Å². The van der Waals surface area contributed by atoms with Crippen molar-refractivity contribution in [2.24, 2.45) is 0 Å². The fourth-order valence-corrected chi connectivity index (χ4v) is 4.40. The normalized spacial score (nSPS) is 11.2. The summed E-state index contributed by atoms with van der Waals surface area (Å²) < 4.78 is 17.5. The molecule has 1 aromatic heterocycles. The van der Waals surface area contributed by atoms with E-state index in [4.69, 9.17) is 25.8 Å². The van der Waals surface area contributed by atoms with Gasteiger partial charge in [0, 0.05) is 5.92 Å². The second kappa shape index (κ2) is 13.1. The van der Waals surface area contributed by atoms with Gasteiger partial charge in [-0.3, -0.25) is 10.1 Å². The second-order valence-electron chi connectivity index (χ2n) is 8.40. The number of aromatic nitrogens is 2. The number of para-hydroxylation sites is 1. The van der Waals surface area contributed by atoms with Gasteiger partial charge in [-0.2, -0.15) is 5.26 Å². The standard InChI is InChI=1S/C27H29ClN4O4S/c1-6-34-22-14-19(12-20(15-29)25(33)30-27-32-31-26(37-27)16(2)3)13-21(28)24(22)36-11-10-35-23-17(4)8-7-9-18(23)5/h7-9,12-14,16H,6,10-11H2,1-5H3,(H,30,32,33). The van der Waals surface area contributed by atoms with E-state index in [1.807, 2.05) is 58.9 Å². The van der Waals surface area contributed by atoms with Crippen LogP contribution in [0.15, 0.2) is 35.9 Å². The van der Waals surface area contributed by atoms with Crippen molar-refractivity contribution in [1.82, 2.24) is 10.2 Å². The smallest absolute Gasteiger partial charge is 0.268 e. The number of carbonyl (C=O) groups excluding carboxylic acids is 1. The van der Waals surface area contributed by atoms with Gasteiger partial charge in [-0.25, -0.2) is 0 Å². The fourth-order valence-electron chi connectivity index (χ4n) is 3.39. The lowest BCUT2D eigenvalue weighted by molar-refractivity contribution is -0.112. The van der Waals surface area contributed by atoms with Crippen LogP contribution in [0.4, 0.5) is 5.13 Å². The van der Waals surface area contributed by atoms with Crippen LogP contribution in [0.5, 0.6) is 17.2 Å². The summed E-state index contributed by atoms with van der Waals surface area (Å²) in [6, 6.07) is 11.2. The maximum atomic E-state index is 12.7. The number of rotatable bonds is 11. The molecule has 194 valence electrons. The highest BCUT2D eigenvalue weighted by Crippen LogP contribution is 2.37. The minimum atomic E-state index is -0.591. The maximum Gasteiger partial charge on any atom is 0.268 e. The molecular formula is C27H29ClN4O4S. The highest BCUT2D eigenvalue weighted by molar-refractivity contribution is 7.15. The van der Waals surface area contributed by atoms with E-state index < -0.39 is 5.91 Å². The first kappa shape index (κ1) is 28.0. The monoisotopic (exact) mass is 540 g/mol. The number of nitrogens with one attached hydrogen (secondary N) is 1. The van der Waals surface area contributed by atoms with Crippen LogP contribution in [0.1, 0.15) is 48.4 Å². The van der Waals surface area contributed by atoms with Crippen molar-refractivity contribution in [3.05, 3.63) is 62.6 Å². The van der Waals surface area contributed by atoms with Gasteiger partial charge in [0.15, 0.2) is 11.5 Å². The Morgan fingerprint density at radius 1 is 1.14 bits per heavy atom. The molecule has 10 heteroatoms. The molecule has 0 aliphatic carbocycles. The highest BCUT2D eigenvalue weighted by Gasteiger charge is 2.17. The first-order valence-corrected chi connectivity index (χ1v) is 13.0. The molecule has 8 nitrogen and oxygen atoms in total. The number of anilines is 1. The van der Waals surface area contributed by atoms with E-state index in [1.165, 1.54) is 17.4 Å². The summed E-state index contributed by atoms with van der Waals surface area (Å²) in [4.78, 5) is 12.7. The topological polar surface area (TPSA) is 106 Å². The van der Waals surface area contributed by atoms with E-state index in [-0.39, 0.29) is 23.1 Å². The van der Waals surface area contributed by atoms with E-state index in [0.717, 1.165) is 21.9 Å². The Bertz CT molecular complexity index is 1310. The number of nitrogens with zero attached hydrogens (tertiary/aromatic N) is 3. The van der Waals surface area contributed by atoms with Crippen molar-refractivity contribution in [3.63, 3.8) is 0 Å². The minimum Gasteiger partial charge on any atom is -0.490 e. The van der Waals surface area contributed by atoms with Crippen LogP contribution >= 0.6 is 22.9 Å². The first-order chi connectivity index (χ1) is 17.7. The Labute approximate surface area is 225 Å². The molecule has 0 unspecified atom stereocenters. The van der Waals surface area contributed by atoms with Crippen molar-refractivity contribution in [2.75, 3.05) is 25.1 Å². The molecule has 0 saturated heterocycles. The van der Waals surface area contributed by atoms with Gasteiger partial charge < -0.3 is 14.2 Å². The minimum absolute atomic E-state index is 0.115. The van der Waals surface area contributed by atoms with Gasteiger partial charge in [0.25, 0.3) is 5.91 Å². The second-order valence-corrected chi connectivity index (χ2v) is 9.82. The van der Waals surface area contributed by atoms with E-state index in [0.29, 0.717) is 35.4 Å². The molecule has 1 N–H and O–H groups in total. The number of hydrogen-bond acceptors (Lipinski definition) is 8. The van der Waals surface area contributed by atoms with Crippen LogP contribution in [0.3, 0.4) is 0 Å². The molecule has 0 aliphatic heterocycles. The van der Waals surface area contributed by atoms with Crippen LogP contribution in [-0.4, -0.2) is 35.9 Å². The van der Waals surface area contributed by atoms with Crippen LogP contribution in [0.25, 0.3) is 6.08 Å². The van der Waals surface area contributed by atoms with Gasteiger partial charge in [0.05, 0.1) is 11.6 Å². The van der Waals surface area contributed by atoms with Crippen molar-refractivity contribution in [3.8, 4) is 23.3 Å². The summed E-state index contributed by atoms with van der Waals surface area (Å²) in [6.07, 6.45) is 1.43. The zero-order valence-electron chi connectivity index (χ0n) is 21.4. The molecule has 3 aromatic rings. The summed E-state index contributed by atoms with van der Waals surface area (Å²) >= 11 is 7.78. The third-order valence-corrected chi connectivity index (χ3v) is 6.57. The van der Waals surface area contributed by atoms with Gasteiger partial charge in [-0.05, 0) is 55.7 Å². The number of benzene rings is 2. The molecule has 0 spiro atoms. The highest BCUT2D eigenvalue weighted by atomic mass is 35.5. The van der Waals surface area contributed by atoms with Gasteiger partial charge in [-0.15, -0.1) is 10.2 Å². The van der Waals surface area contributed by atoms with Gasteiger partial charge in [0.2, 0.25) is 5.13 Å². The summed E-state index contributed by atoms with van der Waals surface area (Å²) in [5.41, 5.74) is 2.50. The molecular weight excluding hydrogens is 512 g/mol. The number of carbonyl (C=O) groups is 1. The zero-order chi connectivity index (χ0) is 26.9. The SMILES string of the molecule is CCOc1cc(C=C(C#N)C(=O)Nc2nnc(C(C)C)s2)cc(Cl)c1OCCOc1c(C)cccc1C. The summed E-state index contributed by atoms with van der Waals surface area (Å²) in [6.45, 7) is 10.7. The number of ether oxygens (including phenoxy) is 3. The molecule has 0 bridgehead atoms. The Morgan fingerprint density at radius 2 is 1.81 bits per heavy atom. The molecule has 0 radical (unpaired) electrons. The van der Waals surface area contributed by atoms with Crippen LogP contribution < -0.4 is 19.5 Å². The number of nitriles is 1. The van der Waals surface area contributed by atoms with Gasteiger partial charge >= 0.3 is 0 Å². The predicted octanol–water partition coefficient (Wildman–Crippen LogP) is 6.33. The van der Waals surface area contributed by atoms with Crippen LogP contribution in [0, 0.1) is 25.2 Å². The Hall–Kier alpha value is -3.61. The number of amides is 1. The lowest BCUT2D eigenvalue weighted by Crippen LogP contribution is -2.13. The van der Waals surface area contributed by atoms with Gasteiger partial charge in [-0.1, -0.05) is 55.0 Å². The molecule has 0 aliphatic rings. The summed E-state index contributed by atoms with van der Waals surface area (Å²) in [7, 11) is 0.